The fourth-order valence-corrected chi connectivity index (χ4v) is 3.95. The monoisotopic (exact) mass is 231 g/mol. The van der Waals surface area contributed by atoms with E-state index in [1.807, 2.05) is 0 Å². The van der Waals surface area contributed by atoms with Crippen LogP contribution in [0.4, 0.5) is 0 Å². The van der Waals surface area contributed by atoms with Gasteiger partial charge in [0.15, 0.2) is 0 Å². The normalized spacial score (nSPS) is 36.8. The predicted octanol–water partition coefficient (Wildman–Crippen LogP) is 2.52. The predicted molar refractivity (Wildman–Crippen MR) is 68.3 cm³/mol. The first-order valence-corrected chi connectivity index (χ1v) is 7.06. The van der Waals surface area contributed by atoms with Crippen LogP contribution in [0.2, 0.25) is 0 Å². The molecule has 0 radical (unpaired) electrons. The number of thioether (sulfide) groups is 1. The van der Waals surface area contributed by atoms with Crippen LogP contribution in [-0.4, -0.2) is 30.8 Å². The zero-order valence-corrected chi connectivity index (χ0v) is 11.1. The van der Waals surface area contributed by atoms with Crippen LogP contribution in [0, 0.1) is 11.8 Å². The number of methoxy groups -OCH3 is 1. The number of hydrogen-bond donors (Lipinski definition) is 1. The molecule has 2 N–H and O–H groups in total. The maximum absolute atomic E-state index is 6.22. The van der Waals surface area contributed by atoms with Crippen LogP contribution in [0.15, 0.2) is 0 Å². The minimum absolute atomic E-state index is 0.399. The number of hydrogen-bond acceptors (Lipinski definition) is 3. The lowest BCUT2D eigenvalue weighted by molar-refractivity contribution is 0.200. The minimum atomic E-state index is 0.399. The molecule has 0 aromatic heterocycles. The Morgan fingerprint density at radius 1 is 1.33 bits per heavy atom. The van der Waals surface area contributed by atoms with Crippen molar-refractivity contribution in [3.63, 3.8) is 0 Å². The van der Waals surface area contributed by atoms with E-state index in [0.717, 1.165) is 24.9 Å². The van der Waals surface area contributed by atoms with Crippen LogP contribution < -0.4 is 5.73 Å². The van der Waals surface area contributed by atoms with Gasteiger partial charge in [0.1, 0.15) is 0 Å². The molecular formula is C12H25NOS. The summed E-state index contributed by atoms with van der Waals surface area (Å²) in [6, 6.07) is 0.399. The lowest BCUT2D eigenvalue weighted by Crippen LogP contribution is -2.43. The lowest BCUT2D eigenvalue weighted by Gasteiger charge is -2.37. The molecule has 15 heavy (non-hydrogen) atoms. The zero-order chi connectivity index (χ0) is 11.3. The van der Waals surface area contributed by atoms with Gasteiger partial charge in [0.2, 0.25) is 0 Å². The molecule has 0 spiro atoms. The highest BCUT2D eigenvalue weighted by atomic mass is 32.2. The Bertz CT molecular complexity index is 165. The second kappa shape index (κ2) is 6.77. The van der Waals surface area contributed by atoms with Crippen molar-refractivity contribution in [2.45, 2.75) is 44.4 Å². The van der Waals surface area contributed by atoms with Crippen LogP contribution in [-0.2, 0) is 4.74 Å². The van der Waals surface area contributed by atoms with Gasteiger partial charge in [-0.15, -0.1) is 0 Å². The van der Waals surface area contributed by atoms with Gasteiger partial charge in [-0.25, -0.2) is 0 Å². The van der Waals surface area contributed by atoms with Crippen LogP contribution in [0.5, 0.6) is 0 Å². The van der Waals surface area contributed by atoms with Gasteiger partial charge in [0.25, 0.3) is 0 Å². The molecule has 0 amide bonds. The molecule has 0 aliphatic heterocycles. The van der Waals surface area contributed by atoms with E-state index in [1.54, 1.807) is 7.11 Å². The van der Waals surface area contributed by atoms with Crippen molar-refractivity contribution in [1.29, 1.82) is 0 Å². The Kier molecular flexibility index (Phi) is 6.02. The highest BCUT2D eigenvalue weighted by Crippen LogP contribution is 2.35. The topological polar surface area (TPSA) is 35.2 Å². The van der Waals surface area contributed by atoms with Crippen molar-refractivity contribution in [2.24, 2.45) is 17.6 Å². The standard InChI is InChI=1S/C12H25NOS/c1-9-7-10(2)12(11(13)8-9)15-6-4-5-14-3/h9-12H,4-8,13H2,1-3H3. The fourth-order valence-electron chi connectivity index (χ4n) is 2.60. The summed E-state index contributed by atoms with van der Waals surface area (Å²) in [5.74, 6) is 2.77. The molecule has 1 saturated carbocycles. The summed E-state index contributed by atoms with van der Waals surface area (Å²) >= 11 is 2.05. The SMILES string of the molecule is COCCCSC1C(C)CC(C)CC1N. The molecule has 90 valence electrons. The first kappa shape index (κ1) is 13.3. The van der Waals surface area contributed by atoms with Gasteiger partial charge in [-0.05, 0) is 36.9 Å². The van der Waals surface area contributed by atoms with Gasteiger partial charge in [-0.3, -0.25) is 0 Å². The molecule has 0 aromatic rings. The number of ether oxygens (including phenoxy) is 1. The van der Waals surface area contributed by atoms with Crippen molar-refractivity contribution >= 4 is 11.8 Å². The average molecular weight is 231 g/mol. The van der Waals surface area contributed by atoms with E-state index >= 15 is 0 Å². The van der Waals surface area contributed by atoms with Gasteiger partial charge in [0.05, 0.1) is 0 Å². The van der Waals surface area contributed by atoms with Gasteiger partial charge < -0.3 is 10.5 Å². The van der Waals surface area contributed by atoms with Crippen LogP contribution >= 0.6 is 11.8 Å². The van der Waals surface area contributed by atoms with Crippen molar-refractivity contribution in [1.82, 2.24) is 0 Å². The Labute approximate surface area is 98.3 Å². The Morgan fingerprint density at radius 2 is 2.07 bits per heavy atom. The summed E-state index contributed by atoms with van der Waals surface area (Å²) < 4.78 is 5.06. The van der Waals surface area contributed by atoms with E-state index < -0.39 is 0 Å². The summed E-state index contributed by atoms with van der Waals surface area (Å²) in [4.78, 5) is 0. The van der Waals surface area contributed by atoms with Gasteiger partial charge >= 0.3 is 0 Å². The molecule has 1 fully saturated rings. The molecule has 4 unspecified atom stereocenters. The van der Waals surface area contributed by atoms with Crippen LogP contribution in [0.25, 0.3) is 0 Å². The first-order chi connectivity index (χ1) is 7.15. The highest BCUT2D eigenvalue weighted by molar-refractivity contribution is 7.99. The smallest absolute Gasteiger partial charge is 0.0470 e. The molecule has 1 aliphatic rings. The molecule has 1 rings (SSSR count). The van der Waals surface area contributed by atoms with Crippen molar-refractivity contribution in [3.05, 3.63) is 0 Å². The molecule has 0 aromatic carbocycles. The molecule has 3 heteroatoms. The fraction of sp³-hybridized carbons (Fsp3) is 1.00. The molecule has 0 heterocycles. The maximum Gasteiger partial charge on any atom is 0.0470 e. The van der Waals surface area contributed by atoms with Crippen molar-refractivity contribution in [2.75, 3.05) is 19.5 Å². The van der Waals surface area contributed by atoms with Gasteiger partial charge in [-0.1, -0.05) is 13.8 Å². The minimum Gasteiger partial charge on any atom is -0.385 e. The van der Waals surface area contributed by atoms with E-state index in [4.69, 9.17) is 10.5 Å². The summed E-state index contributed by atoms with van der Waals surface area (Å²) in [6.45, 7) is 5.55. The molecule has 1 aliphatic carbocycles. The first-order valence-electron chi connectivity index (χ1n) is 6.01. The quantitative estimate of drug-likeness (QED) is 0.739. The average Bonchev–Trinajstić information content (AvgIpc) is 2.15. The second-order valence-corrected chi connectivity index (χ2v) is 6.19. The summed E-state index contributed by atoms with van der Waals surface area (Å²) in [7, 11) is 1.77. The van der Waals surface area contributed by atoms with Crippen molar-refractivity contribution in [3.8, 4) is 0 Å². The second-order valence-electron chi connectivity index (χ2n) is 4.90. The van der Waals surface area contributed by atoms with E-state index in [9.17, 15) is 0 Å². The third-order valence-electron chi connectivity index (χ3n) is 3.23. The third kappa shape index (κ3) is 4.33. The van der Waals surface area contributed by atoms with Crippen molar-refractivity contribution < 1.29 is 4.74 Å². The highest BCUT2D eigenvalue weighted by Gasteiger charge is 2.31. The summed E-state index contributed by atoms with van der Waals surface area (Å²) in [5.41, 5.74) is 6.22. The molecule has 0 bridgehead atoms. The Balaban J connectivity index is 2.26. The van der Waals surface area contributed by atoms with Crippen LogP contribution in [0.3, 0.4) is 0 Å². The third-order valence-corrected chi connectivity index (χ3v) is 4.96. The van der Waals surface area contributed by atoms with E-state index in [1.165, 1.54) is 18.6 Å². The van der Waals surface area contributed by atoms with Gasteiger partial charge in [0, 0.05) is 25.0 Å². The summed E-state index contributed by atoms with van der Waals surface area (Å²) in [6.07, 6.45) is 3.69. The summed E-state index contributed by atoms with van der Waals surface area (Å²) in [5, 5.41) is 0.665. The van der Waals surface area contributed by atoms with E-state index in [-0.39, 0.29) is 0 Å². The number of nitrogens with two attached hydrogens (primary N) is 1. The van der Waals surface area contributed by atoms with Crippen LogP contribution in [0.1, 0.15) is 33.1 Å². The molecule has 2 nitrogen and oxygen atoms in total. The molecule has 0 saturated heterocycles. The largest absolute Gasteiger partial charge is 0.385 e. The Morgan fingerprint density at radius 3 is 2.67 bits per heavy atom. The van der Waals surface area contributed by atoms with Gasteiger partial charge in [-0.2, -0.15) is 11.8 Å². The Hall–Kier alpha value is 0.270. The number of rotatable bonds is 5. The lowest BCUT2D eigenvalue weighted by atomic mass is 9.80. The molecular weight excluding hydrogens is 206 g/mol. The van der Waals surface area contributed by atoms with E-state index in [2.05, 4.69) is 25.6 Å². The van der Waals surface area contributed by atoms with E-state index in [0.29, 0.717) is 11.3 Å². The maximum atomic E-state index is 6.22. The zero-order valence-electron chi connectivity index (χ0n) is 10.2. The molecule has 4 atom stereocenters.